The van der Waals surface area contributed by atoms with Crippen molar-refractivity contribution in [2.75, 3.05) is 5.32 Å². The van der Waals surface area contributed by atoms with Gasteiger partial charge in [-0.1, -0.05) is 25.7 Å². The van der Waals surface area contributed by atoms with E-state index in [4.69, 9.17) is 0 Å². The van der Waals surface area contributed by atoms with Gasteiger partial charge in [0.05, 0.1) is 12.2 Å². The zero-order valence-corrected chi connectivity index (χ0v) is 10.8. The minimum absolute atomic E-state index is 0.140. The molecule has 0 saturated heterocycles. The van der Waals surface area contributed by atoms with E-state index in [-0.39, 0.29) is 5.91 Å². The summed E-state index contributed by atoms with van der Waals surface area (Å²) < 4.78 is 2.00. The lowest BCUT2D eigenvalue weighted by Crippen LogP contribution is -2.17. The molecule has 1 amide bonds. The fourth-order valence-corrected chi connectivity index (χ4v) is 2.80. The maximum atomic E-state index is 11.9. The highest BCUT2D eigenvalue weighted by Gasteiger charge is 2.23. The molecule has 0 unspecified atom stereocenters. The molecule has 3 rings (SSSR count). The number of rotatable bonds is 5. The first-order valence-corrected chi connectivity index (χ1v) is 7.16. The summed E-state index contributed by atoms with van der Waals surface area (Å²) >= 11 is 0. The van der Waals surface area contributed by atoms with E-state index in [1.807, 2.05) is 10.7 Å². The lowest BCUT2D eigenvalue weighted by molar-refractivity contribution is -0.116. The zero-order valence-electron chi connectivity index (χ0n) is 10.8. The van der Waals surface area contributed by atoms with Crippen LogP contribution in [-0.4, -0.2) is 15.7 Å². The van der Waals surface area contributed by atoms with E-state index in [9.17, 15) is 4.79 Å². The van der Waals surface area contributed by atoms with Crippen molar-refractivity contribution in [3.63, 3.8) is 0 Å². The van der Waals surface area contributed by atoms with Crippen molar-refractivity contribution in [3.05, 3.63) is 12.3 Å². The second-order valence-corrected chi connectivity index (χ2v) is 5.63. The molecule has 0 aromatic carbocycles. The second-order valence-electron chi connectivity index (χ2n) is 5.63. The number of nitrogens with zero attached hydrogens (tertiary/aromatic N) is 2. The van der Waals surface area contributed by atoms with Gasteiger partial charge in [-0.05, 0) is 25.2 Å². The van der Waals surface area contributed by atoms with Crippen LogP contribution in [0.15, 0.2) is 12.3 Å². The smallest absolute Gasteiger partial charge is 0.225 e. The monoisotopic (exact) mass is 247 g/mol. The van der Waals surface area contributed by atoms with Crippen LogP contribution in [-0.2, 0) is 4.79 Å². The van der Waals surface area contributed by atoms with Gasteiger partial charge in [-0.15, -0.1) is 0 Å². The third-order valence-electron chi connectivity index (χ3n) is 4.08. The summed E-state index contributed by atoms with van der Waals surface area (Å²) in [4.78, 5) is 11.9. The van der Waals surface area contributed by atoms with Gasteiger partial charge in [-0.3, -0.25) is 4.79 Å². The average molecular weight is 247 g/mol. The lowest BCUT2D eigenvalue weighted by Gasteiger charge is -2.14. The van der Waals surface area contributed by atoms with E-state index in [1.54, 1.807) is 6.20 Å². The molecule has 0 aliphatic heterocycles. The molecule has 0 atom stereocenters. The molecule has 0 spiro atoms. The zero-order chi connectivity index (χ0) is 12.4. The standard InChI is InChI=1S/C14H21N3O/c18-14(8-7-11-5-6-11)16-13-9-10-15-17(13)12-3-1-2-4-12/h9-12H,1-8H2,(H,16,18). The molecule has 0 radical (unpaired) electrons. The van der Waals surface area contributed by atoms with Gasteiger partial charge >= 0.3 is 0 Å². The third-order valence-corrected chi connectivity index (χ3v) is 4.08. The van der Waals surface area contributed by atoms with Crippen molar-refractivity contribution < 1.29 is 4.79 Å². The first-order valence-electron chi connectivity index (χ1n) is 7.16. The van der Waals surface area contributed by atoms with Crippen LogP contribution >= 0.6 is 0 Å². The Hall–Kier alpha value is -1.32. The van der Waals surface area contributed by atoms with E-state index in [2.05, 4.69) is 10.4 Å². The second kappa shape index (κ2) is 5.12. The van der Waals surface area contributed by atoms with Crippen LogP contribution in [0.3, 0.4) is 0 Å². The average Bonchev–Trinajstić information content (AvgIpc) is 2.85. The molecule has 2 saturated carbocycles. The molecule has 98 valence electrons. The summed E-state index contributed by atoms with van der Waals surface area (Å²) in [5.74, 6) is 1.83. The van der Waals surface area contributed by atoms with E-state index < -0.39 is 0 Å². The van der Waals surface area contributed by atoms with E-state index in [0.29, 0.717) is 12.5 Å². The maximum absolute atomic E-state index is 11.9. The van der Waals surface area contributed by atoms with Crippen molar-refractivity contribution in [2.45, 2.75) is 57.4 Å². The molecule has 2 aliphatic rings. The Balaban J connectivity index is 1.57. The Labute approximate surface area is 108 Å². The predicted octanol–water partition coefficient (Wildman–Crippen LogP) is 3.13. The van der Waals surface area contributed by atoms with E-state index in [1.165, 1.54) is 38.5 Å². The minimum Gasteiger partial charge on any atom is -0.311 e. The fourth-order valence-electron chi connectivity index (χ4n) is 2.80. The van der Waals surface area contributed by atoms with Gasteiger partial charge in [0.2, 0.25) is 5.91 Å². The van der Waals surface area contributed by atoms with E-state index >= 15 is 0 Å². The van der Waals surface area contributed by atoms with Gasteiger partial charge in [-0.2, -0.15) is 5.10 Å². The molecule has 2 fully saturated rings. The predicted molar refractivity (Wildman–Crippen MR) is 70.3 cm³/mol. The molecular weight excluding hydrogens is 226 g/mol. The number of nitrogens with one attached hydrogen (secondary N) is 1. The summed E-state index contributed by atoms with van der Waals surface area (Å²) in [7, 11) is 0. The number of carbonyl (C=O) groups excluding carboxylic acids is 1. The summed E-state index contributed by atoms with van der Waals surface area (Å²) in [6, 6.07) is 2.40. The van der Waals surface area contributed by atoms with Crippen molar-refractivity contribution in [1.29, 1.82) is 0 Å². The van der Waals surface area contributed by atoms with Gasteiger partial charge in [0.25, 0.3) is 0 Å². The lowest BCUT2D eigenvalue weighted by atomic mass is 10.2. The molecule has 2 aliphatic carbocycles. The largest absolute Gasteiger partial charge is 0.311 e. The summed E-state index contributed by atoms with van der Waals surface area (Å²) in [6.07, 6.45) is 11.0. The van der Waals surface area contributed by atoms with Crippen LogP contribution in [0, 0.1) is 5.92 Å². The van der Waals surface area contributed by atoms with Crippen molar-refractivity contribution in [3.8, 4) is 0 Å². The quantitative estimate of drug-likeness (QED) is 0.869. The summed E-state index contributed by atoms with van der Waals surface area (Å²) in [5, 5.41) is 7.37. The first-order chi connectivity index (χ1) is 8.83. The molecule has 0 bridgehead atoms. The number of anilines is 1. The van der Waals surface area contributed by atoms with Gasteiger partial charge in [-0.25, -0.2) is 4.68 Å². The van der Waals surface area contributed by atoms with Gasteiger partial charge in [0.1, 0.15) is 5.82 Å². The van der Waals surface area contributed by atoms with Crippen molar-refractivity contribution in [1.82, 2.24) is 9.78 Å². The first kappa shape index (κ1) is 11.8. The number of hydrogen-bond acceptors (Lipinski definition) is 2. The number of carbonyl (C=O) groups is 1. The highest BCUT2D eigenvalue weighted by Crippen LogP contribution is 2.34. The SMILES string of the molecule is O=C(CCC1CC1)Nc1ccnn1C1CCCC1. The summed E-state index contributed by atoms with van der Waals surface area (Å²) in [5.41, 5.74) is 0. The molecule has 4 nitrogen and oxygen atoms in total. The minimum atomic E-state index is 0.140. The van der Waals surface area contributed by atoms with Crippen LogP contribution in [0.5, 0.6) is 0 Å². The van der Waals surface area contributed by atoms with Crippen LogP contribution in [0.25, 0.3) is 0 Å². The highest BCUT2D eigenvalue weighted by atomic mass is 16.1. The Bertz CT molecular complexity index is 416. The van der Waals surface area contributed by atoms with Crippen molar-refractivity contribution >= 4 is 11.7 Å². The van der Waals surface area contributed by atoms with Crippen LogP contribution < -0.4 is 5.32 Å². The van der Waals surface area contributed by atoms with Crippen LogP contribution in [0.1, 0.15) is 57.4 Å². The van der Waals surface area contributed by atoms with Crippen LogP contribution in [0.4, 0.5) is 5.82 Å². The summed E-state index contributed by atoms with van der Waals surface area (Å²) in [6.45, 7) is 0. The molecule has 1 aromatic heterocycles. The molecule has 1 aromatic rings. The molecule has 18 heavy (non-hydrogen) atoms. The normalized spacial score (nSPS) is 20.2. The van der Waals surface area contributed by atoms with Gasteiger partial charge in [0, 0.05) is 12.5 Å². The third kappa shape index (κ3) is 2.74. The van der Waals surface area contributed by atoms with Crippen molar-refractivity contribution in [2.24, 2.45) is 5.92 Å². The molecule has 1 heterocycles. The Morgan fingerprint density at radius 3 is 2.83 bits per heavy atom. The molecule has 1 N–H and O–H groups in total. The Morgan fingerprint density at radius 1 is 1.33 bits per heavy atom. The van der Waals surface area contributed by atoms with Gasteiger partial charge < -0.3 is 5.32 Å². The molecule has 4 heteroatoms. The number of amides is 1. The van der Waals surface area contributed by atoms with E-state index in [0.717, 1.165) is 18.2 Å². The number of hydrogen-bond donors (Lipinski definition) is 1. The maximum Gasteiger partial charge on any atom is 0.225 e. The van der Waals surface area contributed by atoms with Gasteiger partial charge in [0.15, 0.2) is 0 Å². The topological polar surface area (TPSA) is 46.9 Å². The highest BCUT2D eigenvalue weighted by molar-refractivity contribution is 5.89. The fraction of sp³-hybridized carbons (Fsp3) is 0.714. The Morgan fingerprint density at radius 2 is 2.11 bits per heavy atom. The van der Waals surface area contributed by atoms with Crippen LogP contribution in [0.2, 0.25) is 0 Å². The Kier molecular flexibility index (Phi) is 3.35. The molecular formula is C14H21N3O. The number of aromatic nitrogens is 2.